The molecule has 2 N–H and O–H groups in total. The maximum atomic E-state index is 13.5. The van der Waals surface area contributed by atoms with Crippen LogP contribution in [0.3, 0.4) is 0 Å². The van der Waals surface area contributed by atoms with Gasteiger partial charge in [0.05, 0.1) is 19.8 Å². The number of ether oxygens (including phenoxy) is 2. The van der Waals surface area contributed by atoms with E-state index in [0.717, 1.165) is 56.3 Å². The Balaban J connectivity index is 0.00000363. The maximum absolute atomic E-state index is 13.5. The van der Waals surface area contributed by atoms with Crippen molar-refractivity contribution in [3.63, 3.8) is 0 Å². The van der Waals surface area contributed by atoms with Crippen LogP contribution in [0.15, 0.2) is 47.5 Å². The molecule has 1 fully saturated rings. The smallest absolute Gasteiger partial charge is 0.191 e. The Morgan fingerprint density at radius 2 is 1.94 bits per heavy atom. The molecule has 3 rings (SSSR count). The van der Waals surface area contributed by atoms with Gasteiger partial charge in [-0.1, -0.05) is 30.3 Å². The van der Waals surface area contributed by atoms with Gasteiger partial charge in [-0.25, -0.2) is 9.38 Å². The van der Waals surface area contributed by atoms with E-state index in [4.69, 9.17) is 9.47 Å². The van der Waals surface area contributed by atoms with E-state index in [9.17, 15) is 4.39 Å². The molecule has 1 heterocycles. The van der Waals surface area contributed by atoms with Crippen molar-refractivity contribution in [3.05, 3.63) is 65.0 Å². The van der Waals surface area contributed by atoms with Gasteiger partial charge in [0.25, 0.3) is 0 Å². The van der Waals surface area contributed by atoms with E-state index < -0.39 is 0 Å². The Bertz CT molecular complexity index is 860. The molecule has 0 spiro atoms. The summed E-state index contributed by atoms with van der Waals surface area (Å²) in [5, 5.41) is 6.63. The second-order valence-corrected chi connectivity index (χ2v) is 7.54. The Morgan fingerprint density at radius 3 is 2.69 bits per heavy atom. The number of nitrogens with zero attached hydrogens (tertiary/aromatic N) is 2. The number of aryl methyl sites for hydroxylation is 1. The number of rotatable bonds is 9. The van der Waals surface area contributed by atoms with E-state index in [-0.39, 0.29) is 29.8 Å². The second-order valence-electron chi connectivity index (χ2n) is 7.54. The molecule has 2 aromatic carbocycles. The first-order valence-electron chi connectivity index (χ1n) is 10.9. The first kappa shape index (κ1) is 26.3. The van der Waals surface area contributed by atoms with Gasteiger partial charge in [-0.05, 0) is 37.1 Å². The van der Waals surface area contributed by atoms with E-state index in [1.54, 1.807) is 13.0 Å². The van der Waals surface area contributed by atoms with E-state index >= 15 is 0 Å². The van der Waals surface area contributed by atoms with Gasteiger partial charge in [0.2, 0.25) is 0 Å². The fraction of sp³-hybridized carbons (Fsp3) is 0.458. The molecular weight excluding hydrogens is 522 g/mol. The van der Waals surface area contributed by atoms with Gasteiger partial charge in [0, 0.05) is 38.3 Å². The normalized spacial score (nSPS) is 14.5. The van der Waals surface area contributed by atoms with Crippen LogP contribution in [-0.4, -0.2) is 56.9 Å². The third-order valence-corrected chi connectivity index (χ3v) is 5.17. The summed E-state index contributed by atoms with van der Waals surface area (Å²) >= 11 is 0. The van der Waals surface area contributed by atoms with Gasteiger partial charge in [-0.2, -0.15) is 0 Å². The monoisotopic (exact) mass is 556 g/mol. The highest BCUT2D eigenvalue weighted by Gasteiger charge is 2.11. The summed E-state index contributed by atoms with van der Waals surface area (Å²) in [5.74, 6) is 1.41. The maximum Gasteiger partial charge on any atom is 0.191 e. The van der Waals surface area contributed by atoms with Gasteiger partial charge in [-0.3, -0.25) is 4.90 Å². The molecule has 2 aromatic rings. The number of benzene rings is 2. The van der Waals surface area contributed by atoms with Gasteiger partial charge < -0.3 is 20.1 Å². The summed E-state index contributed by atoms with van der Waals surface area (Å²) in [7, 11) is 0. The highest BCUT2D eigenvalue weighted by molar-refractivity contribution is 14.0. The minimum Gasteiger partial charge on any atom is -0.492 e. The molecule has 0 amide bonds. The van der Waals surface area contributed by atoms with E-state index in [2.05, 4.69) is 26.6 Å². The summed E-state index contributed by atoms with van der Waals surface area (Å²) in [4.78, 5) is 6.99. The van der Waals surface area contributed by atoms with Gasteiger partial charge in [-0.15, -0.1) is 24.0 Å². The molecule has 0 saturated carbocycles. The van der Waals surface area contributed by atoms with Crippen molar-refractivity contribution in [1.29, 1.82) is 0 Å². The lowest BCUT2D eigenvalue weighted by Crippen LogP contribution is -2.38. The second kappa shape index (κ2) is 14.3. The van der Waals surface area contributed by atoms with Gasteiger partial charge in [0.15, 0.2) is 5.96 Å². The fourth-order valence-corrected chi connectivity index (χ4v) is 3.40. The lowest BCUT2D eigenvalue weighted by Gasteiger charge is -2.26. The average Bonchev–Trinajstić information content (AvgIpc) is 2.79. The first-order chi connectivity index (χ1) is 15.2. The van der Waals surface area contributed by atoms with Gasteiger partial charge >= 0.3 is 0 Å². The quantitative estimate of drug-likeness (QED) is 0.280. The Morgan fingerprint density at radius 1 is 1.16 bits per heavy atom. The number of aliphatic imine (C=N–C) groups is 1. The van der Waals surface area contributed by atoms with E-state index in [1.807, 2.05) is 31.2 Å². The van der Waals surface area contributed by atoms with Crippen molar-refractivity contribution in [2.24, 2.45) is 4.99 Å². The largest absolute Gasteiger partial charge is 0.492 e. The van der Waals surface area contributed by atoms with Crippen molar-refractivity contribution >= 4 is 29.9 Å². The zero-order chi connectivity index (χ0) is 21.9. The van der Waals surface area contributed by atoms with Crippen LogP contribution in [0.4, 0.5) is 4.39 Å². The van der Waals surface area contributed by atoms with Crippen LogP contribution >= 0.6 is 24.0 Å². The third kappa shape index (κ3) is 8.55. The predicted molar refractivity (Wildman–Crippen MR) is 137 cm³/mol. The van der Waals surface area contributed by atoms with Crippen molar-refractivity contribution in [3.8, 4) is 5.75 Å². The van der Waals surface area contributed by atoms with E-state index in [0.29, 0.717) is 31.2 Å². The summed E-state index contributed by atoms with van der Waals surface area (Å²) in [5.41, 5.74) is 2.68. The highest BCUT2D eigenvalue weighted by Crippen LogP contribution is 2.18. The van der Waals surface area contributed by atoms with Gasteiger partial charge in [0.1, 0.15) is 18.2 Å². The molecule has 176 valence electrons. The third-order valence-electron chi connectivity index (χ3n) is 5.17. The van der Waals surface area contributed by atoms with Crippen LogP contribution in [0.2, 0.25) is 0 Å². The molecule has 1 aliphatic heterocycles. The SMILES string of the molecule is CCNC(=NCc1ccc(F)c(C)c1)NCc1ccccc1OCCN1CCOCC1.I. The first-order valence-corrected chi connectivity index (χ1v) is 10.9. The number of morpholine rings is 1. The topological polar surface area (TPSA) is 58.1 Å². The molecule has 1 aliphatic rings. The molecule has 0 aromatic heterocycles. The molecule has 6 nitrogen and oxygen atoms in total. The lowest BCUT2D eigenvalue weighted by atomic mass is 10.1. The predicted octanol–water partition coefficient (Wildman–Crippen LogP) is 3.72. The minimum atomic E-state index is -0.192. The van der Waals surface area contributed by atoms with Crippen LogP contribution in [0, 0.1) is 12.7 Å². The van der Waals surface area contributed by atoms with Crippen LogP contribution in [0.1, 0.15) is 23.6 Å². The summed E-state index contributed by atoms with van der Waals surface area (Å²) in [6.07, 6.45) is 0. The summed E-state index contributed by atoms with van der Waals surface area (Å²) < 4.78 is 24.9. The molecule has 0 aliphatic carbocycles. The van der Waals surface area contributed by atoms with Crippen molar-refractivity contribution in [2.45, 2.75) is 26.9 Å². The molecular formula is C24H34FIN4O2. The lowest BCUT2D eigenvalue weighted by molar-refractivity contribution is 0.0322. The molecule has 1 saturated heterocycles. The van der Waals surface area contributed by atoms with Crippen molar-refractivity contribution in [2.75, 3.05) is 46.0 Å². The number of hydrogen-bond acceptors (Lipinski definition) is 4. The van der Waals surface area contributed by atoms with Crippen LogP contribution in [0.5, 0.6) is 5.75 Å². The molecule has 0 unspecified atom stereocenters. The van der Waals surface area contributed by atoms with Crippen molar-refractivity contribution < 1.29 is 13.9 Å². The zero-order valence-corrected chi connectivity index (χ0v) is 21.2. The van der Waals surface area contributed by atoms with Crippen LogP contribution < -0.4 is 15.4 Å². The Labute approximate surface area is 207 Å². The van der Waals surface area contributed by atoms with Crippen LogP contribution in [0.25, 0.3) is 0 Å². The number of nitrogens with one attached hydrogen (secondary N) is 2. The molecule has 8 heteroatoms. The van der Waals surface area contributed by atoms with Crippen LogP contribution in [-0.2, 0) is 17.8 Å². The molecule has 0 bridgehead atoms. The average molecular weight is 556 g/mol. The van der Waals surface area contributed by atoms with Crippen molar-refractivity contribution in [1.82, 2.24) is 15.5 Å². The molecule has 0 atom stereocenters. The number of guanidine groups is 1. The summed E-state index contributed by atoms with van der Waals surface area (Å²) in [6.45, 7) is 10.7. The van der Waals surface area contributed by atoms with E-state index in [1.165, 1.54) is 6.07 Å². The number of hydrogen-bond donors (Lipinski definition) is 2. The fourth-order valence-electron chi connectivity index (χ4n) is 3.40. The Hall–Kier alpha value is -1.91. The molecule has 32 heavy (non-hydrogen) atoms. The zero-order valence-electron chi connectivity index (χ0n) is 18.9. The minimum absolute atomic E-state index is 0. The number of para-hydroxylation sites is 1. The number of halogens is 2. The summed E-state index contributed by atoms with van der Waals surface area (Å²) in [6, 6.07) is 13.2. The standard InChI is InChI=1S/C24H33FN4O2.HI/c1-3-26-24(27-17-20-8-9-22(25)19(2)16-20)28-18-21-6-4-5-7-23(21)31-15-12-29-10-13-30-14-11-29;/h4-9,16H,3,10-15,17-18H2,1-2H3,(H2,26,27,28);1H. The molecule has 0 radical (unpaired) electrons. The Kier molecular flexibility index (Phi) is 11.8. The highest BCUT2D eigenvalue weighted by atomic mass is 127.